The van der Waals surface area contributed by atoms with Gasteiger partial charge in [0.2, 0.25) is 0 Å². The van der Waals surface area contributed by atoms with Crippen molar-refractivity contribution in [3.8, 4) is 5.75 Å². The van der Waals surface area contributed by atoms with Crippen molar-refractivity contribution in [2.45, 2.75) is 44.8 Å². The molecule has 1 fully saturated rings. The molecule has 1 saturated carbocycles. The van der Waals surface area contributed by atoms with E-state index in [2.05, 4.69) is 10.6 Å². The predicted molar refractivity (Wildman–Crippen MR) is 90.9 cm³/mol. The third kappa shape index (κ3) is 6.67. The summed E-state index contributed by atoms with van der Waals surface area (Å²) in [5.74, 6) is 1.09. The Morgan fingerprint density at radius 3 is 2.78 bits per heavy atom. The lowest BCUT2D eigenvalue weighted by Crippen LogP contribution is -2.42. The van der Waals surface area contributed by atoms with Crippen molar-refractivity contribution < 1.29 is 14.6 Å². The van der Waals surface area contributed by atoms with Gasteiger partial charge in [0.1, 0.15) is 11.9 Å². The minimum absolute atomic E-state index is 0.140. The fourth-order valence-corrected chi connectivity index (χ4v) is 2.90. The number of urea groups is 1. The number of rotatable bonds is 6. The van der Waals surface area contributed by atoms with Gasteiger partial charge in [0.25, 0.3) is 0 Å². The molecule has 6 heteroatoms. The third-order valence-electron chi connectivity index (χ3n) is 4.01. The fraction of sp³-hybridized carbons (Fsp3) is 0.588. The Hall–Kier alpha value is -1.46. The predicted octanol–water partition coefficient (Wildman–Crippen LogP) is 2.96. The SMILES string of the molecule is CC(CNC(=O)NCC1CCCC(O)C1)Oc1ccc(Cl)cc1. The summed E-state index contributed by atoms with van der Waals surface area (Å²) in [5.41, 5.74) is 0. The Bertz CT molecular complexity index is 495. The largest absolute Gasteiger partial charge is 0.489 e. The lowest BCUT2D eigenvalue weighted by molar-refractivity contribution is 0.101. The van der Waals surface area contributed by atoms with Gasteiger partial charge in [0, 0.05) is 11.6 Å². The molecule has 0 spiro atoms. The van der Waals surface area contributed by atoms with Crippen molar-refractivity contribution in [1.82, 2.24) is 10.6 Å². The molecule has 3 N–H and O–H groups in total. The average molecular weight is 341 g/mol. The Balaban J connectivity index is 1.62. The van der Waals surface area contributed by atoms with Gasteiger partial charge in [-0.2, -0.15) is 0 Å². The normalized spacial score (nSPS) is 22.2. The van der Waals surface area contributed by atoms with Crippen LogP contribution >= 0.6 is 11.6 Å². The van der Waals surface area contributed by atoms with E-state index in [-0.39, 0.29) is 18.2 Å². The molecule has 3 atom stereocenters. The number of ether oxygens (including phenoxy) is 1. The number of hydrogen-bond donors (Lipinski definition) is 3. The van der Waals surface area contributed by atoms with Gasteiger partial charge >= 0.3 is 6.03 Å². The van der Waals surface area contributed by atoms with Crippen molar-refractivity contribution >= 4 is 17.6 Å². The van der Waals surface area contributed by atoms with Gasteiger partial charge in [0.15, 0.2) is 0 Å². The summed E-state index contributed by atoms with van der Waals surface area (Å²) in [5, 5.41) is 16.0. The molecule has 1 aliphatic rings. The van der Waals surface area contributed by atoms with E-state index in [1.165, 1.54) is 0 Å². The zero-order valence-electron chi connectivity index (χ0n) is 13.4. The second kappa shape index (κ2) is 8.99. The Morgan fingerprint density at radius 1 is 1.35 bits per heavy atom. The average Bonchev–Trinajstić information content (AvgIpc) is 2.53. The lowest BCUT2D eigenvalue weighted by atomic mass is 9.87. The molecule has 2 amide bonds. The molecular formula is C17H25ClN2O3. The number of benzene rings is 1. The minimum atomic E-state index is -0.216. The van der Waals surface area contributed by atoms with Crippen LogP contribution in [0.15, 0.2) is 24.3 Å². The van der Waals surface area contributed by atoms with Gasteiger partial charge in [-0.1, -0.05) is 18.0 Å². The number of aliphatic hydroxyl groups is 1. The van der Waals surface area contributed by atoms with Crippen LogP contribution in [0.3, 0.4) is 0 Å². The van der Waals surface area contributed by atoms with E-state index in [0.717, 1.165) is 31.4 Å². The van der Waals surface area contributed by atoms with Crippen LogP contribution in [0.1, 0.15) is 32.6 Å². The van der Waals surface area contributed by atoms with Crippen LogP contribution in [-0.2, 0) is 0 Å². The van der Waals surface area contributed by atoms with Crippen molar-refractivity contribution in [3.63, 3.8) is 0 Å². The van der Waals surface area contributed by atoms with Gasteiger partial charge < -0.3 is 20.5 Å². The second-order valence-corrected chi connectivity index (χ2v) is 6.60. The third-order valence-corrected chi connectivity index (χ3v) is 4.26. The standard InChI is InChI=1S/C17H25ClN2O3/c1-12(23-16-7-5-14(18)6-8-16)10-19-17(22)20-11-13-3-2-4-15(21)9-13/h5-8,12-13,15,21H,2-4,9-11H2,1H3,(H2,19,20,22). The molecule has 2 rings (SSSR count). The number of carbonyl (C=O) groups excluding carboxylic acids is 1. The number of nitrogens with one attached hydrogen (secondary N) is 2. The molecule has 0 aromatic heterocycles. The first-order chi connectivity index (χ1) is 11.0. The Labute approximate surface area is 142 Å². The highest BCUT2D eigenvalue weighted by Gasteiger charge is 2.20. The molecule has 0 saturated heterocycles. The molecular weight excluding hydrogens is 316 g/mol. The van der Waals surface area contributed by atoms with Crippen molar-refractivity contribution in [2.75, 3.05) is 13.1 Å². The maximum absolute atomic E-state index is 11.8. The summed E-state index contributed by atoms with van der Waals surface area (Å²) < 4.78 is 5.69. The van der Waals surface area contributed by atoms with Crippen LogP contribution in [0.5, 0.6) is 5.75 Å². The maximum atomic E-state index is 11.8. The van der Waals surface area contributed by atoms with E-state index < -0.39 is 0 Å². The summed E-state index contributed by atoms with van der Waals surface area (Å²) in [6, 6.07) is 6.93. The van der Waals surface area contributed by atoms with E-state index in [1.807, 2.05) is 6.92 Å². The molecule has 3 unspecified atom stereocenters. The van der Waals surface area contributed by atoms with Crippen LogP contribution in [0.4, 0.5) is 4.79 Å². The first kappa shape index (κ1) is 17.9. The zero-order chi connectivity index (χ0) is 16.7. The van der Waals surface area contributed by atoms with Gasteiger partial charge in [0.05, 0.1) is 12.6 Å². The van der Waals surface area contributed by atoms with E-state index in [1.54, 1.807) is 24.3 Å². The topological polar surface area (TPSA) is 70.6 Å². The summed E-state index contributed by atoms with van der Waals surface area (Å²) >= 11 is 5.82. The number of carbonyl (C=O) groups is 1. The maximum Gasteiger partial charge on any atom is 0.314 e. The highest BCUT2D eigenvalue weighted by atomic mass is 35.5. The molecule has 1 aliphatic carbocycles. The molecule has 0 bridgehead atoms. The minimum Gasteiger partial charge on any atom is -0.489 e. The lowest BCUT2D eigenvalue weighted by Gasteiger charge is -2.26. The monoisotopic (exact) mass is 340 g/mol. The fourth-order valence-electron chi connectivity index (χ4n) is 2.77. The van der Waals surface area contributed by atoms with Gasteiger partial charge in [-0.15, -0.1) is 0 Å². The molecule has 128 valence electrons. The molecule has 5 nitrogen and oxygen atoms in total. The van der Waals surface area contributed by atoms with Crippen molar-refractivity contribution in [3.05, 3.63) is 29.3 Å². The van der Waals surface area contributed by atoms with E-state index in [4.69, 9.17) is 16.3 Å². The molecule has 0 radical (unpaired) electrons. The number of hydrogen-bond acceptors (Lipinski definition) is 3. The van der Waals surface area contributed by atoms with Crippen LogP contribution in [-0.4, -0.2) is 36.4 Å². The summed E-state index contributed by atoms with van der Waals surface area (Å²) in [4.78, 5) is 11.8. The van der Waals surface area contributed by atoms with Gasteiger partial charge in [-0.25, -0.2) is 4.79 Å². The molecule has 23 heavy (non-hydrogen) atoms. The second-order valence-electron chi connectivity index (χ2n) is 6.16. The molecule has 0 aliphatic heterocycles. The van der Waals surface area contributed by atoms with Crippen LogP contribution in [0.2, 0.25) is 5.02 Å². The van der Waals surface area contributed by atoms with E-state index in [0.29, 0.717) is 24.0 Å². The van der Waals surface area contributed by atoms with Gasteiger partial charge in [-0.3, -0.25) is 0 Å². The van der Waals surface area contributed by atoms with Gasteiger partial charge in [-0.05, 0) is 56.4 Å². The van der Waals surface area contributed by atoms with Crippen molar-refractivity contribution in [2.24, 2.45) is 5.92 Å². The van der Waals surface area contributed by atoms with E-state index in [9.17, 15) is 9.90 Å². The zero-order valence-corrected chi connectivity index (χ0v) is 14.2. The highest BCUT2D eigenvalue weighted by molar-refractivity contribution is 6.30. The van der Waals surface area contributed by atoms with E-state index >= 15 is 0 Å². The quantitative estimate of drug-likeness (QED) is 0.745. The summed E-state index contributed by atoms with van der Waals surface area (Å²) in [6.45, 7) is 2.92. The summed E-state index contributed by atoms with van der Waals surface area (Å²) in [7, 11) is 0. The van der Waals surface area contributed by atoms with Crippen LogP contribution in [0.25, 0.3) is 0 Å². The van der Waals surface area contributed by atoms with Crippen LogP contribution in [0, 0.1) is 5.92 Å². The smallest absolute Gasteiger partial charge is 0.314 e. The number of aliphatic hydroxyl groups excluding tert-OH is 1. The van der Waals surface area contributed by atoms with Crippen molar-refractivity contribution in [1.29, 1.82) is 0 Å². The Morgan fingerprint density at radius 2 is 2.09 bits per heavy atom. The van der Waals surface area contributed by atoms with Crippen LogP contribution < -0.4 is 15.4 Å². The molecule has 0 heterocycles. The highest BCUT2D eigenvalue weighted by Crippen LogP contribution is 2.23. The number of amides is 2. The number of halogens is 1. The molecule has 1 aromatic rings. The first-order valence-corrected chi connectivity index (χ1v) is 8.52. The summed E-state index contributed by atoms with van der Waals surface area (Å²) in [6.07, 6.45) is 3.39. The Kier molecular flexibility index (Phi) is 6.99. The first-order valence-electron chi connectivity index (χ1n) is 8.15. The molecule has 1 aromatic carbocycles.